The van der Waals surface area contributed by atoms with Gasteiger partial charge in [-0.3, -0.25) is 4.79 Å². The van der Waals surface area contributed by atoms with Crippen LogP contribution < -0.4 is 0 Å². The van der Waals surface area contributed by atoms with E-state index in [0.717, 1.165) is 18.4 Å². The topological polar surface area (TPSA) is 37.3 Å². The summed E-state index contributed by atoms with van der Waals surface area (Å²) in [5.41, 5.74) is 0.832. The largest absolute Gasteiger partial charge is 0.480 e. The lowest BCUT2D eigenvalue weighted by Gasteiger charge is -2.16. The molecule has 0 aliphatic heterocycles. The van der Waals surface area contributed by atoms with Gasteiger partial charge in [0.25, 0.3) is 0 Å². The van der Waals surface area contributed by atoms with Crippen molar-refractivity contribution >= 4 is 29.3 Å². The molecule has 0 spiro atoms. The van der Waals surface area contributed by atoms with Crippen LogP contribution in [0.4, 0.5) is 0 Å². The molecule has 1 N–H and O–H groups in total. The highest BCUT2D eigenvalue weighted by Gasteiger charge is 2.26. The zero-order valence-electron chi connectivity index (χ0n) is 9.43. The maximum atomic E-state index is 11.3. The van der Waals surface area contributed by atoms with E-state index < -0.39 is 11.2 Å². The molecule has 1 aliphatic rings. The van der Waals surface area contributed by atoms with E-state index in [2.05, 4.69) is 0 Å². The Labute approximate surface area is 110 Å². The standard InChI is InChI=1S/C13H15ClO2S/c14-10-7-5-9(6-8-10)12(13(15)16)17-11-3-1-2-4-11/h5-8,11-12H,1-4H2,(H,15,16)/t12-/m0/s1. The molecule has 1 saturated carbocycles. The third-order valence-corrected chi connectivity index (χ3v) is 4.88. The highest BCUT2D eigenvalue weighted by molar-refractivity contribution is 8.00. The number of aliphatic carboxylic acids is 1. The first-order valence-electron chi connectivity index (χ1n) is 5.80. The van der Waals surface area contributed by atoms with Gasteiger partial charge in [0.15, 0.2) is 0 Å². The summed E-state index contributed by atoms with van der Waals surface area (Å²) in [6, 6.07) is 7.12. The minimum Gasteiger partial charge on any atom is -0.480 e. The summed E-state index contributed by atoms with van der Waals surface area (Å²) in [5, 5.41) is 9.97. The van der Waals surface area contributed by atoms with Crippen molar-refractivity contribution in [3.05, 3.63) is 34.9 Å². The summed E-state index contributed by atoms with van der Waals surface area (Å²) >= 11 is 7.39. The van der Waals surface area contributed by atoms with E-state index >= 15 is 0 Å². The number of rotatable bonds is 4. The molecule has 0 saturated heterocycles. The molecule has 0 bridgehead atoms. The molecule has 17 heavy (non-hydrogen) atoms. The van der Waals surface area contributed by atoms with Crippen molar-refractivity contribution in [1.82, 2.24) is 0 Å². The number of thioether (sulfide) groups is 1. The molecular weight excluding hydrogens is 256 g/mol. The van der Waals surface area contributed by atoms with Crippen LogP contribution in [0.15, 0.2) is 24.3 Å². The van der Waals surface area contributed by atoms with Crippen molar-refractivity contribution < 1.29 is 9.90 Å². The predicted molar refractivity (Wildman–Crippen MR) is 71.7 cm³/mol. The van der Waals surface area contributed by atoms with Crippen molar-refractivity contribution in [2.24, 2.45) is 0 Å². The molecule has 1 aromatic carbocycles. The molecule has 0 radical (unpaired) electrons. The van der Waals surface area contributed by atoms with E-state index in [1.165, 1.54) is 12.8 Å². The molecular formula is C13H15ClO2S. The van der Waals surface area contributed by atoms with Crippen molar-refractivity contribution in [2.75, 3.05) is 0 Å². The summed E-state index contributed by atoms with van der Waals surface area (Å²) in [6.07, 6.45) is 4.74. The molecule has 1 aromatic rings. The Kier molecular flexibility index (Phi) is 4.35. The highest BCUT2D eigenvalue weighted by atomic mass is 35.5. The van der Waals surface area contributed by atoms with Gasteiger partial charge in [-0.25, -0.2) is 0 Å². The molecule has 0 aromatic heterocycles. The van der Waals surface area contributed by atoms with Crippen LogP contribution in [0.25, 0.3) is 0 Å². The Hall–Kier alpha value is -0.670. The molecule has 0 heterocycles. The van der Waals surface area contributed by atoms with Gasteiger partial charge in [-0.1, -0.05) is 36.6 Å². The van der Waals surface area contributed by atoms with Gasteiger partial charge >= 0.3 is 5.97 Å². The Morgan fingerprint density at radius 3 is 2.41 bits per heavy atom. The van der Waals surface area contributed by atoms with Gasteiger partial charge < -0.3 is 5.11 Å². The van der Waals surface area contributed by atoms with Gasteiger partial charge in [0.2, 0.25) is 0 Å². The number of carboxylic acids is 1. The Morgan fingerprint density at radius 2 is 1.88 bits per heavy atom. The van der Waals surface area contributed by atoms with Gasteiger partial charge in [0.1, 0.15) is 5.25 Å². The van der Waals surface area contributed by atoms with Gasteiger partial charge in [0, 0.05) is 10.3 Å². The molecule has 0 amide bonds. The molecule has 2 nitrogen and oxygen atoms in total. The van der Waals surface area contributed by atoms with Crippen molar-refractivity contribution in [1.29, 1.82) is 0 Å². The van der Waals surface area contributed by atoms with Gasteiger partial charge in [0.05, 0.1) is 0 Å². The van der Waals surface area contributed by atoms with Crippen molar-refractivity contribution in [3.63, 3.8) is 0 Å². The third-order valence-electron chi connectivity index (χ3n) is 3.03. The van der Waals surface area contributed by atoms with Crippen LogP contribution >= 0.6 is 23.4 Å². The zero-order valence-corrected chi connectivity index (χ0v) is 11.0. The van der Waals surface area contributed by atoms with Crippen LogP contribution in [-0.2, 0) is 4.79 Å². The molecule has 1 fully saturated rings. The average Bonchev–Trinajstić information content (AvgIpc) is 2.80. The lowest BCUT2D eigenvalue weighted by Crippen LogP contribution is -2.11. The van der Waals surface area contributed by atoms with Crippen LogP contribution in [0.5, 0.6) is 0 Å². The lowest BCUT2D eigenvalue weighted by atomic mass is 10.1. The van der Waals surface area contributed by atoms with Crippen LogP contribution in [0.3, 0.4) is 0 Å². The molecule has 0 unspecified atom stereocenters. The fraction of sp³-hybridized carbons (Fsp3) is 0.462. The predicted octanol–water partition coefficient (Wildman–Crippen LogP) is 4.14. The molecule has 92 valence electrons. The number of carboxylic acid groups (broad SMARTS) is 1. The normalized spacial score (nSPS) is 18.2. The Balaban J connectivity index is 2.10. The summed E-state index contributed by atoms with van der Waals surface area (Å²) in [5.74, 6) is -0.760. The van der Waals surface area contributed by atoms with E-state index in [1.807, 2.05) is 12.1 Å². The quantitative estimate of drug-likeness (QED) is 0.893. The smallest absolute Gasteiger partial charge is 0.321 e. The fourth-order valence-electron chi connectivity index (χ4n) is 2.13. The Morgan fingerprint density at radius 1 is 1.29 bits per heavy atom. The number of hydrogen-bond donors (Lipinski definition) is 1. The minimum atomic E-state index is -0.760. The van der Waals surface area contributed by atoms with Crippen LogP contribution in [0.1, 0.15) is 36.5 Å². The van der Waals surface area contributed by atoms with Gasteiger partial charge in [-0.2, -0.15) is 0 Å². The summed E-state index contributed by atoms with van der Waals surface area (Å²) in [4.78, 5) is 11.3. The van der Waals surface area contributed by atoms with Crippen molar-refractivity contribution in [3.8, 4) is 0 Å². The second-order valence-corrected chi connectivity index (χ2v) is 6.16. The van der Waals surface area contributed by atoms with Crippen LogP contribution in [0, 0.1) is 0 Å². The van der Waals surface area contributed by atoms with E-state index in [-0.39, 0.29) is 0 Å². The highest BCUT2D eigenvalue weighted by Crippen LogP contribution is 2.39. The lowest BCUT2D eigenvalue weighted by molar-refractivity contribution is -0.136. The first kappa shape index (κ1) is 12.8. The minimum absolute atomic E-state index is 0.463. The summed E-state index contributed by atoms with van der Waals surface area (Å²) in [7, 11) is 0. The maximum absolute atomic E-state index is 11.3. The molecule has 4 heteroatoms. The molecule has 1 aliphatic carbocycles. The number of benzene rings is 1. The average molecular weight is 271 g/mol. The van der Waals surface area contributed by atoms with E-state index in [4.69, 9.17) is 11.6 Å². The van der Waals surface area contributed by atoms with E-state index in [1.54, 1.807) is 23.9 Å². The Bertz CT molecular complexity index is 385. The second kappa shape index (κ2) is 5.78. The zero-order chi connectivity index (χ0) is 12.3. The van der Waals surface area contributed by atoms with E-state index in [9.17, 15) is 9.90 Å². The first-order valence-corrected chi connectivity index (χ1v) is 7.12. The van der Waals surface area contributed by atoms with Gasteiger partial charge in [-0.15, -0.1) is 11.8 Å². The third kappa shape index (κ3) is 3.39. The first-order chi connectivity index (χ1) is 8.16. The van der Waals surface area contributed by atoms with E-state index in [0.29, 0.717) is 10.3 Å². The fourth-order valence-corrected chi connectivity index (χ4v) is 3.68. The summed E-state index contributed by atoms with van der Waals surface area (Å²) < 4.78 is 0. The monoisotopic (exact) mass is 270 g/mol. The van der Waals surface area contributed by atoms with Gasteiger partial charge in [-0.05, 0) is 30.5 Å². The SMILES string of the molecule is O=C(O)[C@@H](SC1CCCC1)c1ccc(Cl)cc1. The van der Waals surface area contributed by atoms with Crippen LogP contribution in [0.2, 0.25) is 5.02 Å². The number of carbonyl (C=O) groups is 1. The van der Waals surface area contributed by atoms with Crippen LogP contribution in [-0.4, -0.2) is 16.3 Å². The second-order valence-electron chi connectivity index (χ2n) is 4.31. The number of halogens is 1. The summed E-state index contributed by atoms with van der Waals surface area (Å²) in [6.45, 7) is 0. The molecule has 2 rings (SSSR count). The number of hydrogen-bond acceptors (Lipinski definition) is 2. The molecule has 1 atom stereocenters. The van der Waals surface area contributed by atoms with Crippen molar-refractivity contribution in [2.45, 2.75) is 36.2 Å². The maximum Gasteiger partial charge on any atom is 0.321 e.